The molecule has 0 heterocycles. The molecule has 0 aliphatic heterocycles. The van der Waals surface area contributed by atoms with Crippen LogP contribution in [0.15, 0.2) is 60.4 Å². The molecule has 0 rings (SSSR count). The smallest absolute Gasteiger partial charge is 0.0367 e. The summed E-state index contributed by atoms with van der Waals surface area (Å²) in [5, 5.41) is 3.07. The standard InChI is InChI=1S/C13H19N/c1-7-10(3)9-11(4)12(5)13(8-2)14-6/h7-9,14H,1,4-5H2,2-3,6H3/b10-9-,13-8+. The minimum Gasteiger partial charge on any atom is -0.388 e. The molecule has 0 fully saturated rings. The maximum absolute atomic E-state index is 3.97. The largest absolute Gasteiger partial charge is 0.388 e. The molecule has 0 atom stereocenters. The molecule has 0 amide bonds. The zero-order valence-corrected chi connectivity index (χ0v) is 9.35. The molecular formula is C13H19N. The first kappa shape index (κ1) is 12.5. The Bertz CT molecular complexity index is 303. The van der Waals surface area contributed by atoms with Crippen LogP contribution < -0.4 is 5.32 Å². The first-order chi connectivity index (χ1) is 6.56. The second-order valence-corrected chi connectivity index (χ2v) is 3.05. The molecule has 0 spiro atoms. The first-order valence-electron chi connectivity index (χ1n) is 4.60. The number of rotatable bonds is 5. The van der Waals surface area contributed by atoms with Crippen LogP contribution in [0.1, 0.15) is 13.8 Å². The van der Waals surface area contributed by atoms with E-state index in [1.54, 1.807) is 6.08 Å². The highest BCUT2D eigenvalue weighted by molar-refractivity contribution is 5.49. The molecule has 14 heavy (non-hydrogen) atoms. The van der Waals surface area contributed by atoms with Gasteiger partial charge in [-0.15, -0.1) is 0 Å². The summed E-state index contributed by atoms with van der Waals surface area (Å²) in [6.45, 7) is 15.6. The minimum atomic E-state index is 0.907. The van der Waals surface area contributed by atoms with Gasteiger partial charge in [0.2, 0.25) is 0 Å². The van der Waals surface area contributed by atoms with Crippen molar-refractivity contribution in [3.63, 3.8) is 0 Å². The van der Waals surface area contributed by atoms with E-state index >= 15 is 0 Å². The van der Waals surface area contributed by atoms with Gasteiger partial charge in [0, 0.05) is 12.7 Å². The Labute approximate surface area is 87.2 Å². The molecule has 0 aromatic heterocycles. The number of hydrogen-bond donors (Lipinski definition) is 1. The molecule has 0 radical (unpaired) electrons. The van der Waals surface area contributed by atoms with Gasteiger partial charge in [0.25, 0.3) is 0 Å². The summed E-state index contributed by atoms with van der Waals surface area (Å²) in [6.07, 6.45) is 5.74. The van der Waals surface area contributed by atoms with Crippen LogP contribution >= 0.6 is 0 Å². The van der Waals surface area contributed by atoms with E-state index in [-0.39, 0.29) is 0 Å². The summed E-state index contributed by atoms with van der Waals surface area (Å²) in [5.41, 5.74) is 3.91. The van der Waals surface area contributed by atoms with Crippen LogP contribution in [0.5, 0.6) is 0 Å². The summed E-state index contributed by atoms with van der Waals surface area (Å²) in [4.78, 5) is 0. The Morgan fingerprint density at radius 2 is 1.86 bits per heavy atom. The van der Waals surface area contributed by atoms with E-state index in [1.165, 1.54) is 0 Å². The summed E-state index contributed by atoms with van der Waals surface area (Å²) in [6, 6.07) is 0. The number of hydrogen-bond acceptors (Lipinski definition) is 1. The van der Waals surface area contributed by atoms with Crippen molar-refractivity contribution < 1.29 is 0 Å². The van der Waals surface area contributed by atoms with Crippen LogP contribution in [0.3, 0.4) is 0 Å². The van der Waals surface area contributed by atoms with Gasteiger partial charge in [-0.2, -0.15) is 0 Å². The molecule has 0 bridgehead atoms. The summed E-state index contributed by atoms with van der Waals surface area (Å²) < 4.78 is 0. The Kier molecular flexibility index (Phi) is 5.38. The van der Waals surface area contributed by atoms with Crippen LogP contribution in [0.4, 0.5) is 0 Å². The zero-order valence-electron chi connectivity index (χ0n) is 9.35. The summed E-state index contributed by atoms with van der Waals surface area (Å²) in [7, 11) is 1.87. The van der Waals surface area contributed by atoms with Crippen molar-refractivity contribution >= 4 is 0 Å². The third-order valence-corrected chi connectivity index (χ3v) is 1.99. The molecule has 0 saturated carbocycles. The van der Waals surface area contributed by atoms with Crippen molar-refractivity contribution in [2.24, 2.45) is 0 Å². The zero-order chi connectivity index (χ0) is 11.1. The molecule has 0 saturated heterocycles. The molecule has 0 aromatic rings. The number of likely N-dealkylation sites (N-methyl/N-ethyl adjacent to an activating group) is 1. The average Bonchev–Trinajstić information content (AvgIpc) is 2.19. The van der Waals surface area contributed by atoms with Gasteiger partial charge in [-0.25, -0.2) is 0 Å². The highest BCUT2D eigenvalue weighted by atomic mass is 14.8. The van der Waals surface area contributed by atoms with Crippen molar-refractivity contribution in [1.29, 1.82) is 0 Å². The van der Waals surface area contributed by atoms with E-state index in [1.807, 2.05) is 33.0 Å². The normalized spacial score (nSPS) is 12.2. The first-order valence-corrected chi connectivity index (χ1v) is 4.60. The predicted molar refractivity (Wildman–Crippen MR) is 65.1 cm³/mol. The van der Waals surface area contributed by atoms with Crippen molar-refractivity contribution in [3.05, 3.63) is 60.4 Å². The lowest BCUT2D eigenvalue weighted by atomic mass is 10.0. The second-order valence-electron chi connectivity index (χ2n) is 3.05. The van der Waals surface area contributed by atoms with Gasteiger partial charge in [0.15, 0.2) is 0 Å². The molecule has 76 valence electrons. The van der Waals surface area contributed by atoms with Gasteiger partial charge in [0.1, 0.15) is 0 Å². The molecule has 0 aromatic carbocycles. The van der Waals surface area contributed by atoms with E-state index in [0.29, 0.717) is 0 Å². The van der Waals surface area contributed by atoms with Crippen molar-refractivity contribution in [2.45, 2.75) is 13.8 Å². The van der Waals surface area contributed by atoms with E-state index in [2.05, 4.69) is 25.1 Å². The van der Waals surface area contributed by atoms with E-state index < -0.39 is 0 Å². The maximum Gasteiger partial charge on any atom is 0.0367 e. The Morgan fingerprint density at radius 3 is 2.21 bits per heavy atom. The molecule has 0 unspecified atom stereocenters. The molecule has 0 aliphatic rings. The third-order valence-electron chi connectivity index (χ3n) is 1.99. The molecule has 1 nitrogen and oxygen atoms in total. The number of allylic oxidation sites excluding steroid dienone is 5. The fourth-order valence-corrected chi connectivity index (χ4v) is 1.06. The lowest BCUT2D eigenvalue weighted by Crippen LogP contribution is -2.08. The lowest BCUT2D eigenvalue weighted by molar-refractivity contribution is 1.00. The number of nitrogens with one attached hydrogen (secondary N) is 1. The maximum atomic E-state index is 3.97. The quantitative estimate of drug-likeness (QED) is 0.654. The molecule has 1 heteroatoms. The molecule has 1 N–H and O–H groups in total. The van der Waals surface area contributed by atoms with Crippen molar-refractivity contribution in [1.82, 2.24) is 5.32 Å². The summed E-state index contributed by atoms with van der Waals surface area (Å²) >= 11 is 0. The van der Waals surface area contributed by atoms with Gasteiger partial charge in [0.05, 0.1) is 0 Å². The topological polar surface area (TPSA) is 12.0 Å². The van der Waals surface area contributed by atoms with Gasteiger partial charge >= 0.3 is 0 Å². The fourth-order valence-electron chi connectivity index (χ4n) is 1.06. The van der Waals surface area contributed by atoms with Crippen LogP contribution in [0.25, 0.3) is 0 Å². The van der Waals surface area contributed by atoms with Crippen molar-refractivity contribution in [2.75, 3.05) is 7.05 Å². The van der Waals surface area contributed by atoms with E-state index in [4.69, 9.17) is 0 Å². The Hall–Kier alpha value is -1.50. The predicted octanol–water partition coefficient (Wildman–Crippen LogP) is 3.35. The molecular weight excluding hydrogens is 170 g/mol. The van der Waals surface area contributed by atoms with Crippen molar-refractivity contribution in [3.8, 4) is 0 Å². The van der Waals surface area contributed by atoms with Gasteiger partial charge < -0.3 is 5.32 Å². The second kappa shape index (κ2) is 6.03. The van der Waals surface area contributed by atoms with Crippen LogP contribution in [-0.4, -0.2) is 7.05 Å². The van der Waals surface area contributed by atoms with E-state index in [9.17, 15) is 0 Å². The fraction of sp³-hybridized carbons (Fsp3) is 0.231. The van der Waals surface area contributed by atoms with Crippen LogP contribution in [0.2, 0.25) is 0 Å². The van der Waals surface area contributed by atoms with Gasteiger partial charge in [-0.3, -0.25) is 0 Å². The SMILES string of the molecule is C=C/C(C)=C\C(=C)C(=C)/C(=C\C)NC. The highest BCUT2D eigenvalue weighted by Gasteiger charge is 2.01. The highest BCUT2D eigenvalue weighted by Crippen LogP contribution is 2.16. The van der Waals surface area contributed by atoms with Crippen LogP contribution in [0, 0.1) is 0 Å². The third kappa shape index (κ3) is 3.48. The monoisotopic (exact) mass is 189 g/mol. The Balaban J connectivity index is 4.72. The molecule has 0 aliphatic carbocycles. The average molecular weight is 189 g/mol. The van der Waals surface area contributed by atoms with Gasteiger partial charge in [-0.05, 0) is 25.0 Å². The van der Waals surface area contributed by atoms with Gasteiger partial charge in [-0.1, -0.05) is 43.5 Å². The Morgan fingerprint density at radius 1 is 1.29 bits per heavy atom. The van der Waals surface area contributed by atoms with Crippen LogP contribution in [-0.2, 0) is 0 Å². The lowest BCUT2D eigenvalue weighted by Gasteiger charge is -2.10. The minimum absolute atomic E-state index is 0.907. The summed E-state index contributed by atoms with van der Waals surface area (Å²) in [5.74, 6) is 0. The van der Waals surface area contributed by atoms with E-state index in [0.717, 1.165) is 22.4 Å².